The van der Waals surface area contributed by atoms with E-state index in [-0.39, 0.29) is 5.92 Å². The first kappa shape index (κ1) is 14.5. The molecular weight excluding hydrogens is 310 g/mol. The van der Waals surface area contributed by atoms with Gasteiger partial charge in [0.2, 0.25) is 0 Å². The summed E-state index contributed by atoms with van der Waals surface area (Å²) in [7, 11) is 0. The molecular formula is C13H20BrN3O2. The average molecular weight is 330 g/mol. The highest BCUT2D eigenvalue weighted by Gasteiger charge is 2.48. The minimum atomic E-state index is -0.737. The van der Waals surface area contributed by atoms with E-state index in [9.17, 15) is 9.90 Å². The summed E-state index contributed by atoms with van der Waals surface area (Å²) in [6, 6.07) is 0. The van der Waals surface area contributed by atoms with Gasteiger partial charge in [0.25, 0.3) is 0 Å². The first-order chi connectivity index (χ1) is 9.08. The number of aliphatic carboxylic acids is 1. The van der Waals surface area contributed by atoms with Crippen LogP contribution < -0.4 is 5.32 Å². The zero-order valence-electron chi connectivity index (χ0n) is 11.1. The molecule has 1 aliphatic carbocycles. The molecule has 0 amide bonds. The standard InChI is InChI=1S/C13H20BrN3O2/c1-2-15-13(12(18)19)6-3-4-10(13)5-7-17-9-11(14)8-16-17/h8-10,15H,2-7H2,1H3,(H,18,19). The Kier molecular flexibility index (Phi) is 4.62. The van der Waals surface area contributed by atoms with E-state index in [1.165, 1.54) is 0 Å². The van der Waals surface area contributed by atoms with Gasteiger partial charge in [-0.25, -0.2) is 0 Å². The maximum Gasteiger partial charge on any atom is 0.324 e. The molecule has 5 nitrogen and oxygen atoms in total. The molecule has 19 heavy (non-hydrogen) atoms. The number of rotatable bonds is 6. The number of likely N-dealkylation sites (N-methyl/N-ethyl adjacent to an activating group) is 1. The second-order valence-corrected chi connectivity index (χ2v) is 6.02. The molecule has 6 heteroatoms. The zero-order valence-corrected chi connectivity index (χ0v) is 12.7. The molecule has 2 unspecified atom stereocenters. The maximum atomic E-state index is 11.6. The van der Waals surface area contributed by atoms with Crippen LogP contribution in [0.5, 0.6) is 0 Å². The number of aryl methyl sites for hydroxylation is 1. The van der Waals surface area contributed by atoms with Crippen LogP contribution in [-0.2, 0) is 11.3 Å². The molecule has 0 saturated heterocycles. The van der Waals surface area contributed by atoms with Crippen molar-refractivity contribution in [1.29, 1.82) is 0 Å². The third kappa shape index (κ3) is 3.00. The Morgan fingerprint density at radius 3 is 3.11 bits per heavy atom. The third-order valence-corrected chi connectivity index (χ3v) is 4.41. The lowest BCUT2D eigenvalue weighted by Crippen LogP contribution is -2.54. The van der Waals surface area contributed by atoms with Gasteiger partial charge in [0.05, 0.1) is 10.7 Å². The Balaban J connectivity index is 2.03. The van der Waals surface area contributed by atoms with Crippen molar-refractivity contribution in [2.75, 3.05) is 6.54 Å². The van der Waals surface area contributed by atoms with Gasteiger partial charge in [-0.15, -0.1) is 0 Å². The van der Waals surface area contributed by atoms with Gasteiger partial charge >= 0.3 is 5.97 Å². The van der Waals surface area contributed by atoms with E-state index in [0.29, 0.717) is 6.54 Å². The summed E-state index contributed by atoms with van der Waals surface area (Å²) < 4.78 is 2.82. The van der Waals surface area contributed by atoms with Crippen LogP contribution in [0.1, 0.15) is 32.6 Å². The summed E-state index contributed by atoms with van der Waals surface area (Å²) in [5, 5.41) is 17.0. The molecule has 2 N–H and O–H groups in total. The number of nitrogens with one attached hydrogen (secondary N) is 1. The summed E-state index contributed by atoms with van der Waals surface area (Å²) in [4.78, 5) is 11.6. The summed E-state index contributed by atoms with van der Waals surface area (Å²) in [6.45, 7) is 3.41. The fourth-order valence-electron chi connectivity index (χ4n) is 3.12. The van der Waals surface area contributed by atoms with Gasteiger partial charge < -0.3 is 10.4 Å². The third-order valence-electron chi connectivity index (χ3n) is 4.00. The maximum absolute atomic E-state index is 11.6. The second-order valence-electron chi connectivity index (χ2n) is 5.11. The Hall–Kier alpha value is -0.880. The van der Waals surface area contributed by atoms with Crippen LogP contribution in [0.3, 0.4) is 0 Å². The SMILES string of the molecule is CCNC1(C(=O)O)CCCC1CCn1cc(Br)cn1. The fraction of sp³-hybridized carbons (Fsp3) is 0.692. The Morgan fingerprint density at radius 1 is 1.74 bits per heavy atom. The van der Waals surface area contributed by atoms with Crippen molar-refractivity contribution in [2.45, 2.75) is 44.7 Å². The number of carboxylic acids is 1. The topological polar surface area (TPSA) is 67.2 Å². The van der Waals surface area contributed by atoms with E-state index in [2.05, 4.69) is 26.3 Å². The largest absolute Gasteiger partial charge is 0.480 e. The number of halogens is 1. The smallest absolute Gasteiger partial charge is 0.324 e. The molecule has 1 aliphatic rings. The molecule has 1 fully saturated rings. The second kappa shape index (κ2) is 6.05. The quantitative estimate of drug-likeness (QED) is 0.840. The van der Waals surface area contributed by atoms with Gasteiger partial charge in [-0.3, -0.25) is 9.48 Å². The van der Waals surface area contributed by atoms with Gasteiger partial charge in [0, 0.05) is 12.7 Å². The molecule has 0 aromatic carbocycles. The van der Waals surface area contributed by atoms with Gasteiger partial charge in [0.1, 0.15) is 5.54 Å². The number of nitrogens with zero attached hydrogens (tertiary/aromatic N) is 2. The summed E-state index contributed by atoms with van der Waals surface area (Å²) in [5.41, 5.74) is -0.737. The summed E-state index contributed by atoms with van der Waals surface area (Å²) in [5.74, 6) is -0.536. The predicted molar refractivity (Wildman–Crippen MR) is 75.9 cm³/mol. The highest BCUT2D eigenvalue weighted by Crippen LogP contribution is 2.38. The van der Waals surface area contributed by atoms with Crippen molar-refractivity contribution in [3.8, 4) is 0 Å². The van der Waals surface area contributed by atoms with Crippen molar-refractivity contribution >= 4 is 21.9 Å². The van der Waals surface area contributed by atoms with E-state index >= 15 is 0 Å². The molecule has 2 atom stereocenters. The minimum absolute atomic E-state index is 0.174. The first-order valence-electron chi connectivity index (χ1n) is 6.75. The molecule has 0 aliphatic heterocycles. The summed E-state index contributed by atoms with van der Waals surface area (Å²) >= 11 is 3.37. The van der Waals surface area contributed by atoms with E-state index in [0.717, 1.165) is 36.7 Å². The van der Waals surface area contributed by atoms with E-state index < -0.39 is 11.5 Å². The van der Waals surface area contributed by atoms with Crippen LogP contribution in [-0.4, -0.2) is 32.9 Å². The minimum Gasteiger partial charge on any atom is -0.480 e. The van der Waals surface area contributed by atoms with Gasteiger partial charge in [-0.2, -0.15) is 5.10 Å². The highest BCUT2D eigenvalue weighted by atomic mass is 79.9. The van der Waals surface area contributed by atoms with Gasteiger partial charge in [-0.05, 0) is 47.7 Å². The Morgan fingerprint density at radius 2 is 2.53 bits per heavy atom. The molecule has 0 spiro atoms. The lowest BCUT2D eigenvalue weighted by Gasteiger charge is -2.32. The Labute approximate surface area is 121 Å². The molecule has 0 radical (unpaired) electrons. The number of aromatic nitrogens is 2. The molecule has 1 aromatic rings. The number of hydrogen-bond acceptors (Lipinski definition) is 3. The summed E-state index contributed by atoms with van der Waals surface area (Å²) in [6.07, 6.45) is 7.19. The van der Waals surface area contributed by atoms with Crippen molar-refractivity contribution in [3.05, 3.63) is 16.9 Å². The molecule has 106 valence electrons. The van der Waals surface area contributed by atoms with E-state index in [4.69, 9.17) is 0 Å². The van der Waals surface area contributed by atoms with Crippen LogP contribution in [0.15, 0.2) is 16.9 Å². The van der Waals surface area contributed by atoms with Crippen molar-refractivity contribution in [2.24, 2.45) is 5.92 Å². The molecule has 1 saturated carbocycles. The van der Waals surface area contributed by atoms with Crippen LogP contribution in [0.25, 0.3) is 0 Å². The van der Waals surface area contributed by atoms with Crippen LogP contribution in [0, 0.1) is 5.92 Å². The molecule has 0 bridgehead atoms. The highest BCUT2D eigenvalue weighted by molar-refractivity contribution is 9.10. The zero-order chi connectivity index (χ0) is 13.9. The fourth-order valence-corrected chi connectivity index (χ4v) is 3.45. The predicted octanol–water partition coefficient (Wildman–Crippen LogP) is 2.27. The monoisotopic (exact) mass is 329 g/mol. The van der Waals surface area contributed by atoms with Crippen LogP contribution in [0.4, 0.5) is 0 Å². The van der Waals surface area contributed by atoms with Crippen LogP contribution in [0.2, 0.25) is 0 Å². The van der Waals surface area contributed by atoms with Crippen molar-refractivity contribution in [3.63, 3.8) is 0 Å². The number of carbonyl (C=O) groups is 1. The molecule has 1 aromatic heterocycles. The lowest BCUT2D eigenvalue weighted by molar-refractivity contribution is -0.146. The van der Waals surface area contributed by atoms with Crippen molar-refractivity contribution < 1.29 is 9.90 Å². The molecule has 2 rings (SSSR count). The normalized spacial score (nSPS) is 26.7. The molecule has 1 heterocycles. The number of hydrogen-bond donors (Lipinski definition) is 2. The van der Waals surface area contributed by atoms with Crippen LogP contribution >= 0.6 is 15.9 Å². The lowest BCUT2D eigenvalue weighted by atomic mass is 9.84. The van der Waals surface area contributed by atoms with Crippen molar-refractivity contribution in [1.82, 2.24) is 15.1 Å². The van der Waals surface area contributed by atoms with E-state index in [1.807, 2.05) is 17.8 Å². The van der Waals surface area contributed by atoms with Gasteiger partial charge in [0.15, 0.2) is 0 Å². The van der Waals surface area contributed by atoms with Gasteiger partial charge in [-0.1, -0.05) is 13.3 Å². The number of carboxylic acid groups (broad SMARTS) is 1. The Bertz CT molecular complexity index is 449. The first-order valence-corrected chi connectivity index (χ1v) is 7.54. The average Bonchev–Trinajstić information content (AvgIpc) is 2.94. The van der Waals surface area contributed by atoms with E-state index in [1.54, 1.807) is 6.20 Å².